The van der Waals surface area contributed by atoms with E-state index in [2.05, 4.69) is 0 Å². The molecule has 3 unspecified atom stereocenters. The number of ether oxygens (including phenoxy) is 1. The molecule has 0 aromatic rings. The van der Waals surface area contributed by atoms with Crippen molar-refractivity contribution in [1.29, 1.82) is 0 Å². The Morgan fingerprint density at radius 1 is 1.50 bits per heavy atom. The Bertz CT molecular complexity index is 318. The molecule has 0 saturated carbocycles. The second-order valence-corrected chi connectivity index (χ2v) is 7.88. The van der Waals surface area contributed by atoms with Gasteiger partial charge >= 0.3 is 0 Å². The number of Topliss-reactive ketones (excluding diaryl/α,β-unsaturated/α-hetero) is 1. The molecule has 2 aliphatic heterocycles. The van der Waals surface area contributed by atoms with Gasteiger partial charge in [0.1, 0.15) is 0 Å². The van der Waals surface area contributed by atoms with E-state index in [-0.39, 0.29) is 28.8 Å². The summed E-state index contributed by atoms with van der Waals surface area (Å²) in [6.07, 6.45) is 2.81. The van der Waals surface area contributed by atoms with Gasteiger partial charge in [0.2, 0.25) is 0 Å². The summed E-state index contributed by atoms with van der Waals surface area (Å²) in [5.74, 6) is 2.54. The minimum Gasteiger partial charge on any atom is -0.374 e. The Kier molecular flexibility index (Phi) is 4.10. The molecule has 0 aliphatic carbocycles. The number of carbonyl (C=O) groups is 1. The minimum absolute atomic E-state index is 0.0269. The van der Waals surface area contributed by atoms with Gasteiger partial charge in [0.25, 0.3) is 0 Å². The topological polar surface area (TPSA) is 52.3 Å². The molecule has 18 heavy (non-hydrogen) atoms. The van der Waals surface area contributed by atoms with Gasteiger partial charge in [-0.2, -0.15) is 11.8 Å². The molecule has 0 aromatic heterocycles. The third kappa shape index (κ3) is 2.91. The van der Waals surface area contributed by atoms with Crippen molar-refractivity contribution in [1.82, 2.24) is 0 Å². The van der Waals surface area contributed by atoms with Crippen molar-refractivity contribution in [3.8, 4) is 0 Å². The van der Waals surface area contributed by atoms with Crippen LogP contribution in [0.15, 0.2) is 0 Å². The third-order valence-electron chi connectivity index (χ3n) is 4.20. The van der Waals surface area contributed by atoms with Gasteiger partial charge in [0.15, 0.2) is 5.78 Å². The lowest BCUT2D eigenvalue weighted by atomic mass is 9.75. The highest BCUT2D eigenvalue weighted by atomic mass is 32.2. The molecule has 2 rings (SSSR count). The zero-order valence-electron chi connectivity index (χ0n) is 11.7. The van der Waals surface area contributed by atoms with Gasteiger partial charge in [-0.15, -0.1) is 0 Å². The van der Waals surface area contributed by atoms with Crippen LogP contribution >= 0.6 is 11.8 Å². The highest BCUT2D eigenvalue weighted by Crippen LogP contribution is 2.41. The van der Waals surface area contributed by atoms with Crippen LogP contribution in [-0.2, 0) is 9.53 Å². The van der Waals surface area contributed by atoms with Crippen LogP contribution in [0.5, 0.6) is 0 Å². The summed E-state index contributed by atoms with van der Waals surface area (Å²) in [6, 6.07) is -0.355. The molecular weight excluding hydrogens is 246 g/mol. The Labute approximate surface area is 114 Å². The average molecular weight is 271 g/mol. The molecule has 0 amide bonds. The lowest BCUT2D eigenvalue weighted by Crippen LogP contribution is -2.50. The second kappa shape index (κ2) is 5.14. The van der Waals surface area contributed by atoms with E-state index >= 15 is 0 Å². The molecular formula is C14H25NO2S. The number of ketones is 1. The average Bonchev–Trinajstić information content (AvgIpc) is 2.74. The molecule has 104 valence electrons. The lowest BCUT2D eigenvalue weighted by molar-refractivity contribution is -0.137. The van der Waals surface area contributed by atoms with Crippen molar-refractivity contribution < 1.29 is 9.53 Å². The maximum absolute atomic E-state index is 12.5. The number of nitrogens with two attached hydrogens (primary N) is 1. The molecule has 2 heterocycles. The Hall–Kier alpha value is -0.0600. The van der Waals surface area contributed by atoms with Crippen molar-refractivity contribution in [2.45, 2.75) is 51.7 Å². The van der Waals surface area contributed by atoms with E-state index < -0.39 is 0 Å². The van der Waals surface area contributed by atoms with Crippen LogP contribution in [0, 0.1) is 11.3 Å². The third-order valence-corrected chi connectivity index (χ3v) is 5.43. The molecule has 2 saturated heterocycles. The first-order valence-corrected chi connectivity index (χ1v) is 8.01. The molecule has 1 spiro atoms. The van der Waals surface area contributed by atoms with E-state index in [1.54, 1.807) is 0 Å². The van der Waals surface area contributed by atoms with Gasteiger partial charge in [-0.25, -0.2) is 0 Å². The van der Waals surface area contributed by atoms with Crippen LogP contribution < -0.4 is 5.73 Å². The van der Waals surface area contributed by atoms with E-state index in [4.69, 9.17) is 10.5 Å². The first-order chi connectivity index (χ1) is 8.34. The zero-order valence-corrected chi connectivity index (χ0v) is 12.5. The van der Waals surface area contributed by atoms with Gasteiger partial charge in [0.05, 0.1) is 11.6 Å². The Morgan fingerprint density at radius 2 is 2.22 bits per heavy atom. The highest BCUT2D eigenvalue weighted by Gasteiger charge is 2.44. The molecule has 2 N–H and O–H groups in total. The first kappa shape index (κ1) is 14.4. The Morgan fingerprint density at radius 3 is 2.78 bits per heavy atom. The number of thioether (sulfide) groups is 1. The zero-order chi connectivity index (χ0) is 13.4. The summed E-state index contributed by atoms with van der Waals surface area (Å²) in [5.41, 5.74) is 5.94. The molecule has 0 aromatic carbocycles. The van der Waals surface area contributed by atoms with E-state index in [1.165, 1.54) is 0 Å². The number of hydrogen-bond donors (Lipinski definition) is 1. The predicted molar refractivity (Wildman–Crippen MR) is 75.8 cm³/mol. The molecule has 4 heteroatoms. The monoisotopic (exact) mass is 271 g/mol. The second-order valence-electron chi connectivity index (χ2n) is 6.77. The molecule has 3 nitrogen and oxygen atoms in total. The summed E-state index contributed by atoms with van der Waals surface area (Å²) in [4.78, 5) is 12.5. The standard InChI is InChI=1S/C14H25NO2S/c1-13(2,3)12(15)11(16)10-4-6-17-14(8-10)5-7-18-9-14/h10,12H,4-9,15H2,1-3H3. The highest BCUT2D eigenvalue weighted by molar-refractivity contribution is 7.99. The summed E-state index contributed by atoms with van der Waals surface area (Å²) in [6.45, 7) is 6.83. The van der Waals surface area contributed by atoms with Crippen LogP contribution in [0.1, 0.15) is 40.0 Å². The maximum Gasteiger partial charge on any atom is 0.153 e. The van der Waals surface area contributed by atoms with E-state index in [0.717, 1.165) is 30.8 Å². The van der Waals surface area contributed by atoms with Crippen molar-refractivity contribution in [2.24, 2.45) is 17.1 Å². The fourth-order valence-corrected chi connectivity index (χ4v) is 4.19. The Balaban J connectivity index is 2.03. The van der Waals surface area contributed by atoms with Crippen LogP contribution in [-0.4, -0.2) is 35.5 Å². The van der Waals surface area contributed by atoms with Gasteiger partial charge in [0, 0.05) is 18.3 Å². The van der Waals surface area contributed by atoms with Crippen LogP contribution in [0.2, 0.25) is 0 Å². The SMILES string of the molecule is CC(C)(C)C(N)C(=O)C1CCOC2(CCSC2)C1. The van der Waals surface area contributed by atoms with Crippen LogP contribution in [0.3, 0.4) is 0 Å². The fraction of sp³-hybridized carbons (Fsp3) is 0.929. The molecule has 2 fully saturated rings. The van der Waals surface area contributed by atoms with E-state index in [1.807, 2.05) is 32.5 Å². The molecule has 3 atom stereocenters. The summed E-state index contributed by atoms with van der Waals surface area (Å²) in [5, 5.41) is 0. The maximum atomic E-state index is 12.5. The summed E-state index contributed by atoms with van der Waals surface area (Å²) >= 11 is 1.94. The summed E-state index contributed by atoms with van der Waals surface area (Å²) in [7, 11) is 0. The van der Waals surface area contributed by atoms with Gasteiger partial charge in [-0.3, -0.25) is 4.79 Å². The minimum atomic E-state index is -0.355. The van der Waals surface area contributed by atoms with Gasteiger partial charge < -0.3 is 10.5 Å². The van der Waals surface area contributed by atoms with E-state index in [9.17, 15) is 4.79 Å². The van der Waals surface area contributed by atoms with Crippen molar-refractivity contribution >= 4 is 17.5 Å². The molecule has 0 radical (unpaired) electrons. The van der Waals surface area contributed by atoms with Gasteiger partial charge in [-0.1, -0.05) is 20.8 Å². The first-order valence-electron chi connectivity index (χ1n) is 6.85. The largest absolute Gasteiger partial charge is 0.374 e. The molecule has 0 bridgehead atoms. The summed E-state index contributed by atoms with van der Waals surface area (Å²) < 4.78 is 5.96. The fourth-order valence-electron chi connectivity index (χ4n) is 2.81. The van der Waals surface area contributed by atoms with Crippen molar-refractivity contribution in [3.05, 3.63) is 0 Å². The van der Waals surface area contributed by atoms with Crippen molar-refractivity contribution in [3.63, 3.8) is 0 Å². The van der Waals surface area contributed by atoms with Crippen molar-refractivity contribution in [2.75, 3.05) is 18.1 Å². The number of rotatable bonds is 2. The quantitative estimate of drug-likeness (QED) is 0.837. The lowest BCUT2D eigenvalue weighted by Gasteiger charge is -2.39. The normalized spacial score (nSPS) is 34.8. The number of carbonyl (C=O) groups excluding carboxylic acids is 1. The van der Waals surface area contributed by atoms with Gasteiger partial charge in [-0.05, 0) is 30.4 Å². The molecule has 2 aliphatic rings. The van der Waals surface area contributed by atoms with Crippen LogP contribution in [0.4, 0.5) is 0 Å². The van der Waals surface area contributed by atoms with Crippen LogP contribution in [0.25, 0.3) is 0 Å². The smallest absolute Gasteiger partial charge is 0.153 e. The predicted octanol–water partition coefficient (Wildman–Crippen LogP) is 2.23. The van der Waals surface area contributed by atoms with E-state index in [0.29, 0.717) is 6.61 Å². The number of hydrogen-bond acceptors (Lipinski definition) is 4.